The average molecular weight is 277 g/mol. The number of halogens is 1. The summed E-state index contributed by atoms with van der Waals surface area (Å²) in [6, 6.07) is 14.0. The Morgan fingerprint density at radius 3 is 1.94 bits per heavy atom. The van der Waals surface area contributed by atoms with Crippen LogP contribution in [-0.2, 0) is 0 Å². The molecule has 0 amide bonds. The van der Waals surface area contributed by atoms with Crippen molar-refractivity contribution < 1.29 is 4.74 Å². The van der Waals surface area contributed by atoms with Crippen molar-refractivity contribution in [2.75, 3.05) is 0 Å². The molecule has 0 heterocycles. The molecule has 0 saturated carbocycles. The molecule has 0 spiro atoms. The van der Waals surface area contributed by atoms with Gasteiger partial charge in [-0.15, -0.1) is 0 Å². The van der Waals surface area contributed by atoms with E-state index in [4.69, 9.17) is 4.74 Å². The zero-order chi connectivity index (χ0) is 11.5. The van der Waals surface area contributed by atoms with E-state index in [0.29, 0.717) is 0 Å². The number of hydrogen-bond donors (Lipinski definition) is 0. The van der Waals surface area contributed by atoms with Gasteiger partial charge in [-0.1, -0.05) is 22.0 Å². The summed E-state index contributed by atoms with van der Waals surface area (Å²) in [7, 11) is 0. The van der Waals surface area contributed by atoms with Crippen LogP contribution in [0.1, 0.15) is 11.1 Å². The maximum atomic E-state index is 5.77. The first-order valence-electron chi connectivity index (χ1n) is 5.15. The zero-order valence-corrected chi connectivity index (χ0v) is 10.9. The standard InChI is InChI=1S/C14H13BrO/c1-10-7-11(2)9-14(8-10)16-13-5-3-12(15)4-6-13/h3-9H,1-2H3. The maximum absolute atomic E-state index is 5.77. The molecule has 0 bridgehead atoms. The van der Waals surface area contributed by atoms with Crippen molar-refractivity contribution in [3.8, 4) is 11.5 Å². The van der Waals surface area contributed by atoms with E-state index in [1.54, 1.807) is 0 Å². The highest BCUT2D eigenvalue weighted by molar-refractivity contribution is 9.10. The number of hydrogen-bond acceptors (Lipinski definition) is 1. The molecule has 82 valence electrons. The van der Waals surface area contributed by atoms with Crippen LogP contribution in [0.15, 0.2) is 46.9 Å². The lowest BCUT2D eigenvalue weighted by Gasteiger charge is -2.07. The van der Waals surface area contributed by atoms with Crippen LogP contribution >= 0.6 is 15.9 Å². The number of aryl methyl sites for hydroxylation is 2. The normalized spacial score (nSPS) is 10.2. The monoisotopic (exact) mass is 276 g/mol. The van der Waals surface area contributed by atoms with Gasteiger partial charge in [-0.3, -0.25) is 0 Å². The quantitative estimate of drug-likeness (QED) is 0.761. The second-order valence-electron chi connectivity index (χ2n) is 3.88. The van der Waals surface area contributed by atoms with E-state index in [9.17, 15) is 0 Å². The molecule has 0 aromatic heterocycles. The molecule has 2 aromatic rings. The Bertz CT molecular complexity index is 468. The second-order valence-corrected chi connectivity index (χ2v) is 4.80. The Morgan fingerprint density at radius 2 is 1.38 bits per heavy atom. The summed E-state index contributed by atoms with van der Waals surface area (Å²) in [4.78, 5) is 0. The van der Waals surface area contributed by atoms with Crippen molar-refractivity contribution in [3.05, 3.63) is 58.1 Å². The molecule has 0 aliphatic carbocycles. The van der Waals surface area contributed by atoms with E-state index >= 15 is 0 Å². The molecular formula is C14H13BrO. The van der Waals surface area contributed by atoms with Gasteiger partial charge in [0.25, 0.3) is 0 Å². The number of rotatable bonds is 2. The average Bonchev–Trinajstić information content (AvgIpc) is 2.20. The van der Waals surface area contributed by atoms with Crippen molar-refractivity contribution in [2.24, 2.45) is 0 Å². The highest BCUT2D eigenvalue weighted by Gasteiger charge is 1.99. The molecule has 2 heteroatoms. The molecule has 0 fully saturated rings. The number of ether oxygens (including phenoxy) is 1. The van der Waals surface area contributed by atoms with Gasteiger partial charge in [0.05, 0.1) is 0 Å². The van der Waals surface area contributed by atoms with Crippen molar-refractivity contribution >= 4 is 15.9 Å². The third kappa shape index (κ3) is 2.86. The fraction of sp³-hybridized carbons (Fsp3) is 0.143. The van der Waals surface area contributed by atoms with Crippen LogP contribution in [0.5, 0.6) is 11.5 Å². The SMILES string of the molecule is Cc1cc(C)cc(Oc2ccc(Br)cc2)c1. The van der Waals surface area contributed by atoms with Crippen molar-refractivity contribution in [1.82, 2.24) is 0 Å². The predicted molar refractivity (Wildman–Crippen MR) is 70.1 cm³/mol. The van der Waals surface area contributed by atoms with Gasteiger partial charge < -0.3 is 4.74 Å². The fourth-order valence-corrected chi connectivity index (χ4v) is 1.89. The minimum absolute atomic E-state index is 0.855. The lowest BCUT2D eigenvalue weighted by molar-refractivity contribution is 0.482. The summed E-state index contributed by atoms with van der Waals surface area (Å²) in [6.07, 6.45) is 0. The Morgan fingerprint density at radius 1 is 0.812 bits per heavy atom. The highest BCUT2D eigenvalue weighted by Crippen LogP contribution is 2.24. The molecule has 0 saturated heterocycles. The van der Waals surface area contributed by atoms with Gasteiger partial charge in [-0.2, -0.15) is 0 Å². The maximum Gasteiger partial charge on any atom is 0.127 e. The first kappa shape index (κ1) is 11.2. The summed E-state index contributed by atoms with van der Waals surface area (Å²) >= 11 is 3.40. The largest absolute Gasteiger partial charge is 0.457 e. The van der Waals surface area contributed by atoms with Gasteiger partial charge in [-0.05, 0) is 61.4 Å². The molecule has 0 radical (unpaired) electrons. The summed E-state index contributed by atoms with van der Waals surface area (Å²) in [5.41, 5.74) is 2.43. The minimum atomic E-state index is 0.855. The molecule has 0 aliphatic rings. The lowest BCUT2D eigenvalue weighted by Crippen LogP contribution is -1.86. The molecule has 16 heavy (non-hydrogen) atoms. The first-order chi connectivity index (χ1) is 7.63. The molecule has 0 atom stereocenters. The fourth-order valence-electron chi connectivity index (χ4n) is 1.63. The third-order valence-electron chi connectivity index (χ3n) is 2.24. The number of benzene rings is 2. The zero-order valence-electron chi connectivity index (χ0n) is 9.33. The lowest BCUT2D eigenvalue weighted by atomic mass is 10.1. The van der Waals surface area contributed by atoms with Gasteiger partial charge in [0.1, 0.15) is 11.5 Å². The molecule has 2 rings (SSSR count). The summed E-state index contributed by atoms with van der Waals surface area (Å²) in [5, 5.41) is 0. The predicted octanol–water partition coefficient (Wildman–Crippen LogP) is 4.86. The van der Waals surface area contributed by atoms with Crippen LogP contribution in [0.4, 0.5) is 0 Å². The van der Waals surface area contributed by atoms with Gasteiger partial charge in [-0.25, -0.2) is 0 Å². The van der Waals surface area contributed by atoms with Crippen molar-refractivity contribution in [3.63, 3.8) is 0 Å². The van der Waals surface area contributed by atoms with Gasteiger partial charge in [0.2, 0.25) is 0 Å². The van der Waals surface area contributed by atoms with Crippen molar-refractivity contribution in [2.45, 2.75) is 13.8 Å². The van der Waals surface area contributed by atoms with Crippen LogP contribution in [0.3, 0.4) is 0 Å². The molecule has 0 aliphatic heterocycles. The molecule has 0 unspecified atom stereocenters. The summed E-state index contributed by atoms with van der Waals surface area (Å²) in [6.45, 7) is 4.14. The van der Waals surface area contributed by atoms with Gasteiger partial charge in [0.15, 0.2) is 0 Å². The van der Waals surface area contributed by atoms with Crippen LogP contribution in [0.25, 0.3) is 0 Å². The van der Waals surface area contributed by atoms with Gasteiger partial charge >= 0.3 is 0 Å². The highest BCUT2D eigenvalue weighted by atomic mass is 79.9. The Hall–Kier alpha value is -1.28. The van der Waals surface area contributed by atoms with E-state index in [2.05, 4.69) is 35.8 Å². The van der Waals surface area contributed by atoms with E-state index in [1.807, 2.05) is 36.4 Å². The Kier molecular flexibility index (Phi) is 3.30. The van der Waals surface area contributed by atoms with Crippen LogP contribution in [0, 0.1) is 13.8 Å². The van der Waals surface area contributed by atoms with E-state index in [0.717, 1.165) is 16.0 Å². The summed E-state index contributed by atoms with van der Waals surface area (Å²) < 4.78 is 6.83. The second kappa shape index (κ2) is 4.71. The molecule has 0 N–H and O–H groups in total. The summed E-state index contributed by atoms with van der Waals surface area (Å²) in [5.74, 6) is 1.74. The Balaban J connectivity index is 2.23. The topological polar surface area (TPSA) is 9.23 Å². The smallest absolute Gasteiger partial charge is 0.127 e. The first-order valence-corrected chi connectivity index (χ1v) is 5.94. The van der Waals surface area contributed by atoms with Gasteiger partial charge in [0, 0.05) is 4.47 Å². The minimum Gasteiger partial charge on any atom is -0.457 e. The van der Waals surface area contributed by atoms with E-state index in [1.165, 1.54) is 11.1 Å². The third-order valence-corrected chi connectivity index (χ3v) is 2.77. The molecule has 1 nitrogen and oxygen atoms in total. The van der Waals surface area contributed by atoms with E-state index < -0.39 is 0 Å². The van der Waals surface area contributed by atoms with Crippen LogP contribution in [-0.4, -0.2) is 0 Å². The van der Waals surface area contributed by atoms with Crippen LogP contribution < -0.4 is 4.74 Å². The molecular weight excluding hydrogens is 264 g/mol. The van der Waals surface area contributed by atoms with E-state index in [-0.39, 0.29) is 0 Å². The Labute approximate surface area is 104 Å². The van der Waals surface area contributed by atoms with Crippen molar-refractivity contribution in [1.29, 1.82) is 0 Å². The van der Waals surface area contributed by atoms with Crippen LogP contribution in [0.2, 0.25) is 0 Å². The molecule has 2 aromatic carbocycles.